The summed E-state index contributed by atoms with van der Waals surface area (Å²) in [6.07, 6.45) is 0.986. The summed E-state index contributed by atoms with van der Waals surface area (Å²) in [7, 11) is 0. The minimum Gasteiger partial charge on any atom is -0.466 e. The molecule has 1 aromatic heterocycles. The van der Waals surface area contributed by atoms with Crippen molar-refractivity contribution in [2.45, 2.75) is 32.0 Å². The van der Waals surface area contributed by atoms with E-state index in [4.69, 9.17) is 4.42 Å². The summed E-state index contributed by atoms with van der Waals surface area (Å²) in [5.41, 5.74) is 3.90. The summed E-state index contributed by atoms with van der Waals surface area (Å²) >= 11 is 3.75. The second kappa shape index (κ2) is 5.09. The lowest BCUT2D eigenvalue weighted by molar-refractivity contribution is 0.501. The van der Waals surface area contributed by atoms with Gasteiger partial charge in [0.05, 0.1) is 0 Å². The van der Waals surface area contributed by atoms with Crippen molar-refractivity contribution >= 4 is 15.9 Å². The van der Waals surface area contributed by atoms with Gasteiger partial charge in [-0.25, -0.2) is 0 Å². The maximum absolute atomic E-state index is 5.56. The van der Waals surface area contributed by atoms with Crippen LogP contribution < -0.4 is 0 Å². The van der Waals surface area contributed by atoms with Gasteiger partial charge < -0.3 is 4.42 Å². The Hall–Kier alpha value is -1.02. The van der Waals surface area contributed by atoms with Crippen molar-refractivity contribution < 1.29 is 4.42 Å². The average molecular weight is 293 g/mol. The number of alkyl halides is 1. The molecule has 0 fully saturated rings. The van der Waals surface area contributed by atoms with Crippen LogP contribution in [-0.4, -0.2) is 0 Å². The Morgan fingerprint density at radius 1 is 1.12 bits per heavy atom. The van der Waals surface area contributed by atoms with Crippen LogP contribution in [0.2, 0.25) is 0 Å². The van der Waals surface area contributed by atoms with E-state index in [9.17, 15) is 0 Å². The van der Waals surface area contributed by atoms with Crippen LogP contribution in [-0.2, 0) is 6.42 Å². The molecule has 1 unspecified atom stereocenters. The van der Waals surface area contributed by atoms with Crippen LogP contribution >= 0.6 is 15.9 Å². The van der Waals surface area contributed by atoms with Gasteiger partial charge in [-0.15, -0.1) is 0 Å². The normalized spacial score (nSPS) is 12.7. The molecule has 2 heteroatoms. The Kier molecular flexibility index (Phi) is 3.72. The summed E-state index contributed by atoms with van der Waals surface area (Å²) < 4.78 is 5.56. The van der Waals surface area contributed by atoms with Gasteiger partial charge in [0, 0.05) is 10.4 Å². The SMILES string of the molecule is Cc1ccc(CC(Br)c2cc(C)oc2C)cc1. The Balaban J connectivity index is 2.14. The first kappa shape index (κ1) is 12.4. The summed E-state index contributed by atoms with van der Waals surface area (Å²) in [6.45, 7) is 6.12. The molecule has 0 spiro atoms. The number of benzene rings is 1. The van der Waals surface area contributed by atoms with E-state index in [0.717, 1.165) is 17.9 Å². The zero-order chi connectivity index (χ0) is 12.4. The van der Waals surface area contributed by atoms with Crippen LogP contribution in [0.15, 0.2) is 34.7 Å². The van der Waals surface area contributed by atoms with E-state index < -0.39 is 0 Å². The first-order chi connectivity index (χ1) is 8.06. The molecule has 0 aliphatic heterocycles. The van der Waals surface area contributed by atoms with Gasteiger partial charge in [-0.05, 0) is 38.8 Å². The van der Waals surface area contributed by atoms with Crippen LogP contribution in [0.1, 0.15) is 33.0 Å². The highest BCUT2D eigenvalue weighted by atomic mass is 79.9. The van der Waals surface area contributed by atoms with E-state index in [1.54, 1.807) is 0 Å². The lowest BCUT2D eigenvalue weighted by Crippen LogP contribution is -1.95. The standard InChI is InChI=1S/C15H17BrO/c1-10-4-6-13(7-5-10)9-15(16)14-8-11(2)17-12(14)3/h4-8,15H,9H2,1-3H3. The van der Waals surface area contributed by atoms with Crippen molar-refractivity contribution in [2.75, 3.05) is 0 Å². The van der Waals surface area contributed by atoms with Gasteiger partial charge in [0.15, 0.2) is 0 Å². The molecule has 1 nitrogen and oxygen atoms in total. The molecule has 0 N–H and O–H groups in total. The molecule has 2 aromatic rings. The predicted molar refractivity (Wildman–Crippen MR) is 74.7 cm³/mol. The molecular formula is C15H17BrO. The van der Waals surface area contributed by atoms with E-state index in [1.807, 2.05) is 13.8 Å². The first-order valence-corrected chi connectivity index (χ1v) is 6.74. The smallest absolute Gasteiger partial charge is 0.105 e. The third-order valence-electron chi connectivity index (χ3n) is 2.95. The van der Waals surface area contributed by atoms with Crippen LogP contribution in [0.3, 0.4) is 0 Å². The molecule has 1 atom stereocenters. The number of rotatable bonds is 3. The van der Waals surface area contributed by atoms with Crippen LogP contribution in [0.4, 0.5) is 0 Å². The Morgan fingerprint density at radius 2 is 1.76 bits per heavy atom. The van der Waals surface area contributed by atoms with Crippen LogP contribution in [0, 0.1) is 20.8 Å². The summed E-state index contributed by atoms with van der Waals surface area (Å²) in [6, 6.07) is 10.8. The topological polar surface area (TPSA) is 13.1 Å². The number of aryl methyl sites for hydroxylation is 3. The summed E-state index contributed by atoms with van der Waals surface area (Å²) in [4.78, 5) is 0.322. The van der Waals surface area contributed by atoms with Gasteiger partial charge in [0.2, 0.25) is 0 Å². The molecular weight excluding hydrogens is 276 g/mol. The van der Waals surface area contributed by atoms with Crippen molar-refractivity contribution in [1.82, 2.24) is 0 Å². The molecule has 0 bridgehead atoms. The lowest BCUT2D eigenvalue weighted by Gasteiger charge is -2.09. The summed E-state index contributed by atoms with van der Waals surface area (Å²) in [5.74, 6) is 1.99. The van der Waals surface area contributed by atoms with E-state index in [-0.39, 0.29) is 0 Å². The second-order valence-electron chi connectivity index (χ2n) is 4.53. The molecule has 0 aliphatic carbocycles. The van der Waals surface area contributed by atoms with Gasteiger partial charge in [0.1, 0.15) is 11.5 Å². The predicted octanol–water partition coefficient (Wildman–Crippen LogP) is 4.88. The zero-order valence-electron chi connectivity index (χ0n) is 10.5. The third kappa shape index (κ3) is 3.01. The van der Waals surface area contributed by atoms with Gasteiger partial charge in [-0.1, -0.05) is 45.8 Å². The maximum atomic E-state index is 5.56. The molecule has 1 aromatic carbocycles. The van der Waals surface area contributed by atoms with E-state index in [1.165, 1.54) is 16.7 Å². The van der Waals surface area contributed by atoms with E-state index in [2.05, 4.69) is 53.2 Å². The second-order valence-corrected chi connectivity index (χ2v) is 5.63. The minimum atomic E-state index is 0.322. The molecule has 1 heterocycles. The third-order valence-corrected chi connectivity index (χ3v) is 3.77. The monoisotopic (exact) mass is 292 g/mol. The quantitative estimate of drug-likeness (QED) is 0.735. The molecule has 0 amide bonds. The fourth-order valence-electron chi connectivity index (χ4n) is 2.00. The number of hydrogen-bond donors (Lipinski definition) is 0. The Labute approximate surface area is 111 Å². The maximum Gasteiger partial charge on any atom is 0.105 e. The largest absolute Gasteiger partial charge is 0.466 e. The summed E-state index contributed by atoms with van der Waals surface area (Å²) in [5, 5.41) is 0. The number of halogens is 1. The van der Waals surface area contributed by atoms with Gasteiger partial charge in [-0.2, -0.15) is 0 Å². The van der Waals surface area contributed by atoms with Crippen molar-refractivity contribution in [3.8, 4) is 0 Å². The molecule has 0 saturated carbocycles. The molecule has 90 valence electrons. The van der Waals surface area contributed by atoms with Crippen molar-refractivity contribution in [3.05, 3.63) is 58.5 Å². The van der Waals surface area contributed by atoms with Crippen molar-refractivity contribution in [3.63, 3.8) is 0 Å². The van der Waals surface area contributed by atoms with E-state index in [0.29, 0.717) is 4.83 Å². The zero-order valence-corrected chi connectivity index (χ0v) is 12.0. The first-order valence-electron chi connectivity index (χ1n) is 5.83. The van der Waals surface area contributed by atoms with Crippen molar-refractivity contribution in [2.24, 2.45) is 0 Å². The highest BCUT2D eigenvalue weighted by Crippen LogP contribution is 2.31. The molecule has 2 rings (SSSR count). The van der Waals surface area contributed by atoms with Gasteiger partial charge in [-0.3, -0.25) is 0 Å². The van der Waals surface area contributed by atoms with Crippen LogP contribution in [0.25, 0.3) is 0 Å². The fraction of sp³-hybridized carbons (Fsp3) is 0.333. The Morgan fingerprint density at radius 3 is 2.29 bits per heavy atom. The number of hydrogen-bond acceptors (Lipinski definition) is 1. The highest BCUT2D eigenvalue weighted by molar-refractivity contribution is 9.09. The molecule has 0 aliphatic rings. The highest BCUT2D eigenvalue weighted by Gasteiger charge is 2.14. The van der Waals surface area contributed by atoms with Gasteiger partial charge >= 0.3 is 0 Å². The van der Waals surface area contributed by atoms with Gasteiger partial charge in [0.25, 0.3) is 0 Å². The molecule has 0 radical (unpaired) electrons. The average Bonchev–Trinajstić information content (AvgIpc) is 2.61. The Bertz CT molecular complexity index is 496. The van der Waals surface area contributed by atoms with Crippen molar-refractivity contribution in [1.29, 1.82) is 0 Å². The number of furan rings is 1. The lowest BCUT2D eigenvalue weighted by atomic mass is 10.0. The van der Waals surface area contributed by atoms with E-state index >= 15 is 0 Å². The van der Waals surface area contributed by atoms with Crippen LogP contribution in [0.5, 0.6) is 0 Å². The fourth-order valence-corrected chi connectivity index (χ4v) is 2.83. The minimum absolute atomic E-state index is 0.322. The molecule has 17 heavy (non-hydrogen) atoms. The molecule has 0 saturated heterocycles.